The van der Waals surface area contributed by atoms with Gasteiger partial charge in [-0.3, -0.25) is 0 Å². The van der Waals surface area contributed by atoms with Crippen molar-refractivity contribution in [3.63, 3.8) is 0 Å². The predicted molar refractivity (Wildman–Crippen MR) is 67.8 cm³/mol. The highest BCUT2D eigenvalue weighted by molar-refractivity contribution is 5.93. The van der Waals surface area contributed by atoms with Gasteiger partial charge in [0.1, 0.15) is 6.33 Å². The molecule has 0 atom stereocenters. The predicted octanol–water partition coefficient (Wildman–Crippen LogP) is 1.45. The number of nitrogens with zero attached hydrogens (tertiary/aromatic N) is 3. The third-order valence-corrected chi connectivity index (χ3v) is 3.75. The number of aromatic nitrogens is 4. The van der Waals surface area contributed by atoms with Crippen LogP contribution in [0.25, 0.3) is 16.6 Å². The van der Waals surface area contributed by atoms with Crippen LogP contribution in [-0.4, -0.2) is 19.6 Å². The summed E-state index contributed by atoms with van der Waals surface area (Å²) >= 11 is 0. The molecule has 0 saturated carbocycles. The summed E-state index contributed by atoms with van der Waals surface area (Å²) in [6.07, 6.45) is 5.98. The third-order valence-electron chi connectivity index (χ3n) is 3.75. The van der Waals surface area contributed by atoms with Crippen LogP contribution in [0.2, 0.25) is 0 Å². The minimum Gasteiger partial charge on any atom is -0.305 e. The largest absolute Gasteiger partial charge is 0.348 e. The average Bonchev–Trinajstić information content (AvgIpc) is 2.89. The van der Waals surface area contributed by atoms with Crippen molar-refractivity contribution in [2.45, 2.75) is 25.7 Å². The standard InChI is InChI=1S/C13H12N4O/c18-13-16-11-9-4-2-1-3-8(9)5-6-10(11)12-14-7-15-17(12)13/h5-7H,1-4H2,(H,16,18). The molecular weight excluding hydrogens is 228 g/mol. The van der Waals surface area contributed by atoms with E-state index in [1.54, 1.807) is 0 Å². The lowest BCUT2D eigenvalue weighted by molar-refractivity contribution is 0.688. The zero-order valence-electron chi connectivity index (χ0n) is 9.81. The Kier molecular flexibility index (Phi) is 1.86. The Hall–Kier alpha value is -2.17. The number of H-pyrrole nitrogens is 1. The van der Waals surface area contributed by atoms with Crippen molar-refractivity contribution in [1.29, 1.82) is 0 Å². The molecule has 0 aliphatic heterocycles. The van der Waals surface area contributed by atoms with Crippen molar-refractivity contribution < 1.29 is 0 Å². The lowest BCUT2D eigenvalue weighted by atomic mass is 9.90. The fourth-order valence-corrected chi connectivity index (χ4v) is 2.89. The van der Waals surface area contributed by atoms with Gasteiger partial charge in [0.15, 0.2) is 5.65 Å². The summed E-state index contributed by atoms with van der Waals surface area (Å²) in [6, 6.07) is 4.20. The van der Waals surface area contributed by atoms with Gasteiger partial charge in [-0.2, -0.15) is 9.61 Å². The summed E-state index contributed by atoms with van der Waals surface area (Å²) in [5.41, 5.74) is 4.00. The first-order chi connectivity index (χ1) is 8.84. The van der Waals surface area contributed by atoms with Crippen molar-refractivity contribution in [3.8, 4) is 0 Å². The second kappa shape index (κ2) is 3.41. The molecule has 2 heterocycles. The van der Waals surface area contributed by atoms with Crippen LogP contribution >= 0.6 is 0 Å². The van der Waals surface area contributed by atoms with Gasteiger partial charge in [-0.15, -0.1) is 0 Å². The quantitative estimate of drug-likeness (QED) is 0.647. The summed E-state index contributed by atoms with van der Waals surface area (Å²) < 4.78 is 1.32. The smallest absolute Gasteiger partial charge is 0.305 e. The fraction of sp³-hybridized carbons (Fsp3) is 0.308. The van der Waals surface area contributed by atoms with Gasteiger partial charge in [-0.1, -0.05) is 6.07 Å². The topological polar surface area (TPSA) is 63.0 Å². The van der Waals surface area contributed by atoms with Crippen LogP contribution in [0.1, 0.15) is 24.0 Å². The summed E-state index contributed by atoms with van der Waals surface area (Å²) in [4.78, 5) is 19.1. The zero-order valence-corrected chi connectivity index (χ0v) is 9.81. The summed E-state index contributed by atoms with van der Waals surface area (Å²) in [5, 5.41) is 4.92. The fourth-order valence-electron chi connectivity index (χ4n) is 2.89. The normalized spacial score (nSPS) is 15.1. The molecule has 18 heavy (non-hydrogen) atoms. The Bertz CT molecular complexity index is 815. The maximum Gasteiger partial charge on any atom is 0.348 e. The second-order valence-corrected chi connectivity index (χ2v) is 4.76. The van der Waals surface area contributed by atoms with E-state index in [9.17, 15) is 4.79 Å². The van der Waals surface area contributed by atoms with Crippen LogP contribution in [0.4, 0.5) is 0 Å². The number of aryl methyl sites for hydroxylation is 2. The average molecular weight is 240 g/mol. The van der Waals surface area contributed by atoms with Crippen LogP contribution in [-0.2, 0) is 12.8 Å². The van der Waals surface area contributed by atoms with Gasteiger partial charge in [-0.25, -0.2) is 9.78 Å². The van der Waals surface area contributed by atoms with E-state index in [4.69, 9.17) is 0 Å². The van der Waals surface area contributed by atoms with Crippen molar-refractivity contribution in [3.05, 3.63) is 40.1 Å². The first kappa shape index (κ1) is 9.82. The Balaban J connectivity index is 2.23. The highest BCUT2D eigenvalue weighted by Gasteiger charge is 2.15. The molecule has 1 aromatic carbocycles. The number of benzene rings is 1. The molecule has 0 bridgehead atoms. The van der Waals surface area contributed by atoms with E-state index in [0.717, 1.165) is 23.7 Å². The molecule has 1 aliphatic carbocycles. The summed E-state index contributed by atoms with van der Waals surface area (Å²) in [6.45, 7) is 0. The first-order valence-electron chi connectivity index (χ1n) is 6.21. The molecule has 4 rings (SSSR count). The van der Waals surface area contributed by atoms with E-state index < -0.39 is 0 Å². The molecule has 5 nitrogen and oxygen atoms in total. The van der Waals surface area contributed by atoms with E-state index in [2.05, 4.69) is 21.1 Å². The van der Waals surface area contributed by atoms with E-state index in [1.807, 2.05) is 6.07 Å². The molecule has 0 radical (unpaired) electrons. The minimum absolute atomic E-state index is 0.214. The maximum atomic E-state index is 11.9. The number of nitrogens with one attached hydrogen (secondary N) is 1. The molecule has 2 aromatic heterocycles. The molecule has 0 unspecified atom stereocenters. The van der Waals surface area contributed by atoms with Crippen molar-refractivity contribution in [2.75, 3.05) is 0 Å². The Labute approximate surface area is 102 Å². The Morgan fingerprint density at radius 1 is 1.22 bits per heavy atom. The van der Waals surface area contributed by atoms with E-state index in [1.165, 1.54) is 34.8 Å². The zero-order chi connectivity index (χ0) is 12.1. The Morgan fingerprint density at radius 2 is 2.11 bits per heavy atom. The number of hydrogen-bond acceptors (Lipinski definition) is 3. The molecule has 90 valence electrons. The molecule has 0 spiro atoms. The van der Waals surface area contributed by atoms with E-state index >= 15 is 0 Å². The molecular formula is C13H12N4O. The summed E-state index contributed by atoms with van der Waals surface area (Å²) in [5.74, 6) is 0. The monoisotopic (exact) mass is 240 g/mol. The van der Waals surface area contributed by atoms with Gasteiger partial charge in [0.25, 0.3) is 0 Å². The van der Waals surface area contributed by atoms with Crippen LogP contribution in [0.3, 0.4) is 0 Å². The molecule has 5 heteroatoms. The SMILES string of the molecule is O=c1[nH]c2c3c(ccc2c2ncnn12)CCCC3. The van der Waals surface area contributed by atoms with Crippen LogP contribution < -0.4 is 5.69 Å². The highest BCUT2D eigenvalue weighted by atomic mass is 16.1. The van der Waals surface area contributed by atoms with Gasteiger partial charge < -0.3 is 4.98 Å². The first-order valence-corrected chi connectivity index (χ1v) is 6.21. The van der Waals surface area contributed by atoms with Crippen molar-refractivity contribution in [1.82, 2.24) is 19.6 Å². The van der Waals surface area contributed by atoms with Gasteiger partial charge in [0.05, 0.1) is 5.52 Å². The van der Waals surface area contributed by atoms with Gasteiger partial charge in [0.2, 0.25) is 0 Å². The second-order valence-electron chi connectivity index (χ2n) is 4.76. The molecule has 1 N–H and O–H groups in total. The van der Waals surface area contributed by atoms with Crippen molar-refractivity contribution >= 4 is 16.6 Å². The molecule has 0 amide bonds. The maximum absolute atomic E-state index is 11.9. The lowest BCUT2D eigenvalue weighted by Crippen LogP contribution is -2.18. The van der Waals surface area contributed by atoms with Crippen molar-refractivity contribution in [2.24, 2.45) is 0 Å². The third kappa shape index (κ3) is 1.19. The number of aromatic amines is 1. The van der Waals surface area contributed by atoms with Gasteiger partial charge >= 0.3 is 5.69 Å². The number of fused-ring (bicyclic) bond motifs is 5. The van der Waals surface area contributed by atoms with Crippen LogP contribution in [0, 0.1) is 0 Å². The van der Waals surface area contributed by atoms with Crippen LogP contribution in [0.5, 0.6) is 0 Å². The molecule has 3 aromatic rings. The van der Waals surface area contributed by atoms with Crippen LogP contribution in [0.15, 0.2) is 23.3 Å². The summed E-state index contributed by atoms with van der Waals surface area (Å²) in [7, 11) is 0. The van der Waals surface area contributed by atoms with E-state index in [-0.39, 0.29) is 5.69 Å². The van der Waals surface area contributed by atoms with Gasteiger partial charge in [0, 0.05) is 5.39 Å². The molecule has 1 aliphatic rings. The van der Waals surface area contributed by atoms with Gasteiger partial charge in [-0.05, 0) is 42.9 Å². The minimum atomic E-state index is -0.214. The highest BCUT2D eigenvalue weighted by Crippen LogP contribution is 2.28. The lowest BCUT2D eigenvalue weighted by Gasteiger charge is -2.17. The van der Waals surface area contributed by atoms with E-state index in [0.29, 0.717) is 5.65 Å². The molecule has 0 saturated heterocycles. The molecule has 0 fully saturated rings. The number of rotatable bonds is 0. The Morgan fingerprint density at radius 3 is 3.06 bits per heavy atom. The number of hydrogen-bond donors (Lipinski definition) is 1.